The first kappa shape index (κ1) is 18.9. The number of nitrogens with zero attached hydrogens (tertiary/aromatic N) is 2. The van der Waals surface area contributed by atoms with E-state index in [1.54, 1.807) is 16.4 Å². The van der Waals surface area contributed by atoms with Gasteiger partial charge in [0.1, 0.15) is 0 Å². The Morgan fingerprint density at radius 2 is 1.54 bits per heavy atom. The van der Waals surface area contributed by atoms with Gasteiger partial charge in [0.15, 0.2) is 0 Å². The SMILES string of the molecule is Cc1ccc(S(=O)(=O)N2CCN(c3ccccc3C(C)C)CC2)cc1C. The van der Waals surface area contributed by atoms with Crippen molar-refractivity contribution in [1.29, 1.82) is 0 Å². The quantitative estimate of drug-likeness (QED) is 0.816. The molecule has 4 nitrogen and oxygen atoms in total. The van der Waals surface area contributed by atoms with E-state index in [1.807, 2.05) is 19.9 Å². The fourth-order valence-corrected chi connectivity index (χ4v) is 4.96. The molecular weight excluding hydrogens is 344 g/mol. The highest BCUT2D eigenvalue weighted by molar-refractivity contribution is 7.89. The number of piperazine rings is 1. The Morgan fingerprint density at radius 1 is 0.885 bits per heavy atom. The summed E-state index contributed by atoms with van der Waals surface area (Å²) in [6.45, 7) is 10.8. The van der Waals surface area contributed by atoms with Crippen molar-refractivity contribution in [2.45, 2.75) is 38.5 Å². The van der Waals surface area contributed by atoms with Crippen LogP contribution < -0.4 is 4.90 Å². The summed E-state index contributed by atoms with van der Waals surface area (Å²) in [5.41, 5.74) is 4.67. The van der Waals surface area contributed by atoms with E-state index in [1.165, 1.54) is 11.3 Å². The minimum absolute atomic E-state index is 0.400. The van der Waals surface area contributed by atoms with Crippen molar-refractivity contribution in [3.8, 4) is 0 Å². The van der Waals surface area contributed by atoms with Gasteiger partial charge in [-0.25, -0.2) is 8.42 Å². The third kappa shape index (κ3) is 3.64. The first-order chi connectivity index (χ1) is 12.3. The Hall–Kier alpha value is -1.85. The summed E-state index contributed by atoms with van der Waals surface area (Å²) in [6.07, 6.45) is 0. The summed E-state index contributed by atoms with van der Waals surface area (Å²) in [5.74, 6) is 0.448. The van der Waals surface area contributed by atoms with Crippen LogP contribution in [-0.4, -0.2) is 38.9 Å². The van der Waals surface area contributed by atoms with Crippen molar-refractivity contribution in [2.75, 3.05) is 31.1 Å². The van der Waals surface area contributed by atoms with Crippen molar-refractivity contribution in [3.05, 3.63) is 59.2 Å². The molecule has 3 rings (SSSR count). The van der Waals surface area contributed by atoms with Gasteiger partial charge in [0.25, 0.3) is 0 Å². The van der Waals surface area contributed by atoms with E-state index >= 15 is 0 Å². The second-order valence-electron chi connectivity index (χ2n) is 7.35. The topological polar surface area (TPSA) is 40.6 Å². The number of rotatable bonds is 4. The Kier molecular flexibility index (Phi) is 5.39. The predicted molar refractivity (Wildman–Crippen MR) is 107 cm³/mol. The fraction of sp³-hybridized carbons (Fsp3) is 0.429. The van der Waals surface area contributed by atoms with E-state index in [4.69, 9.17) is 0 Å². The minimum Gasteiger partial charge on any atom is -0.369 e. The van der Waals surface area contributed by atoms with Crippen LogP contribution in [0.5, 0.6) is 0 Å². The van der Waals surface area contributed by atoms with Gasteiger partial charge in [0.05, 0.1) is 4.90 Å². The second-order valence-corrected chi connectivity index (χ2v) is 9.29. The molecule has 0 saturated carbocycles. The van der Waals surface area contributed by atoms with Crippen molar-refractivity contribution < 1.29 is 8.42 Å². The highest BCUT2D eigenvalue weighted by Gasteiger charge is 2.29. The molecule has 0 amide bonds. The lowest BCUT2D eigenvalue weighted by Crippen LogP contribution is -2.49. The van der Waals surface area contributed by atoms with Gasteiger partial charge in [-0.1, -0.05) is 38.1 Å². The number of para-hydroxylation sites is 1. The molecule has 1 aliphatic rings. The Morgan fingerprint density at radius 3 is 2.15 bits per heavy atom. The van der Waals surface area contributed by atoms with Gasteiger partial charge >= 0.3 is 0 Å². The van der Waals surface area contributed by atoms with Crippen LogP contribution in [0.1, 0.15) is 36.5 Å². The smallest absolute Gasteiger partial charge is 0.243 e. The van der Waals surface area contributed by atoms with Crippen LogP contribution in [0.15, 0.2) is 47.4 Å². The first-order valence-corrected chi connectivity index (χ1v) is 10.7. The normalized spacial score (nSPS) is 16.3. The predicted octanol–water partition coefficient (Wildman–Crippen LogP) is 3.94. The zero-order chi connectivity index (χ0) is 18.9. The van der Waals surface area contributed by atoms with Crippen LogP contribution in [0, 0.1) is 13.8 Å². The van der Waals surface area contributed by atoms with Gasteiger partial charge in [-0.15, -0.1) is 0 Å². The summed E-state index contributed by atoms with van der Waals surface area (Å²) in [4.78, 5) is 2.71. The molecule has 1 heterocycles. The lowest BCUT2D eigenvalue weighted by atomic mass is 10.00. The summed E-state index contributed by atoms with van der Waals surface area (Å²) >= 11 is 0. The molecule has 0 radical (unpaired) electrons. The second kappa shape index (κ2) is 7.41. The molecule has 2 aromatic rings. The number of hydrogen-bond acceptors (Lipinski definition) is 3. The van der Waals surface area contributed by atoms with Crippen LogP contribution in [0.2, 0.25) is 0 Å². The average Bonchev–Trinajstić information content (AvgIpc) is 2.64. The molecule has 0 aromatic heterocycles. The number of anilines is 1. The highest BCUT2D eigenvalue weighted by atomic mass is 32.2. The number of sulfonamides is 1. The van der Waals surface area contributed by atoms with Gasteiger partial charge in [-0.2, -0.15) is 4.31 Å². The summed E-state index contributed by atoms with van der Waals surface area (Å²) in [6, 6.07) is 13.8. The molecule has 1 aliphatic heterocycles. The number of hydrogen-bond donors (Lipinski definition) is 0. The van der Waals surface area contributed by atoms with E-state index in [9.17, 15) is 8.42 Å². The van der Waals surface area contributed by atoms with E-state index in [0.29, 0.717) is 37.0 Å². The lowest BCUT2D eigenvalue weighted by Gasteiger charge is -2.36. The molecule has 2 aromatic carbocycles. The Labute approximate surface area is 157 Å². The van der Waals surface area contributed by atoms with Gasteiger partial charge in [0.2, 0.25) is 10.0 Å². The van der Waals surface area contributed by atoms with Crippen molar-refractivity contribution in [2.24, 2.45) is 0 Å². The van der Waals surface area contributed by atoms with E-state index < -0.39 is 10.0 Å². The van der Waals surface area contributed by atoms with Crippen LogP contribution in [-0.2, 0) is 10.0 Å². The van der Waals surface area contributed by atoms with Crippen molar-refractivity contribution in [3.63, 3.8) is 0 Å². The third-order valence-electron chi connectivity index (χ3n) is 5.25. The van der Waals surface area contributed by atoms with Gasteiger partial charge in [-0.3, -0.25) is 0 Å². The molecule has 0 aliphatic carbocycles. The van der Waals surface area contributed by atoms with Crippen LogP contribution in [0.4, 0.5) is 5.69 Å². The highest BCUT2D eigenvalue weighted by Crippen LogP contribution is 2.29. The van der Waals surface area contributed by atoms with Gasteiger partial charge in [-0.05, 0) is 54.7 Å². The lowest BCUT2D eigenvalue weighted by molar-refractivity contribution is 0.384. The van der Waals surface area contributed by atoms with Crippen molar-refractivity contribution in [1.82, 2.24) is 4.31 Å². The Balaban J connectivity index is 1.77. The summed E-state index contributed by atoms with van der Waals surface area (Å²) < 4.78 is 27.6. The van der Waals surface area contributed by atoms with E-state index in [2.05, 4.69) is 43.0 Å². The largest absolute Gasteiger partial charge is 0.369 e. The molecule has 5 heteroatoms. The standard InChI is InChI=1S/C21H28N2O2S/c1-16(2)20-7-5-6-8-21(20)22-11-13-23(14-12-22)26(24,25)19-10-9-17(3)18(4)15-19/h5-10,15-16H,11-14H2,1-4H3. The maximum Gasteiger partial charge on any atom is 0.243 e. The molecule has 0 spiro atoms. The van der Waals surface area contributed by atoms with Crippen LogP contribution in [0.25, 0.3) is 0 Å². The number of aryl methyl sites for hydroxylation is 2. The molecule has 140 valence electrons. The van der Waals surface area contributed by atoms with E-state index in [0.717, 1.165) is 11.1 Å². The molecule has 1 saturated heterocycles. The monoisotopic (exact) mass is 372 g/mol. The first-order valence-electron chi connectivity index (χ1n) is 9.22. The summed E-state index contributed by atoms with van der Waals surface area (Å²) in [5, 5.41) is 0. The fourth-order valence-electron chi connectivity index (χ4n) is 3.46. The van der Waals surface area contributed by atoms with Crippen molar-refractivity contribution >= 4 is 15.7 Å². The molecular formula is C21H28N2O2S. The molecule has 0 unspecified atom stereocenters. The number of benzene rings is 2. The summed E-state index contributed by atoms with van der Waals surface area (Å²) in [7, 11) is -3.43. The average molecular weight is 373 g/mol. The molecule has 1 fully saturated rings. The Bertz CT molecular complexity index is 883. The molecule has 0 atom stereocenters. The zero-order valence-corrected chi connectivity index (χ0v) is 16.9. The molecule has 26 heavy (non-hydrogen) atoms. The van der Waals surface area contributed by atoms with Gasteiger partial charge in [0, 0.05) is 31.9 Å². The zero-order valence-electron chi connectivity index (χ0n) is 16.1. The van der Waals surface area contributed by atoms with E-state index in [-0.39, 0.29) is 0 Å². The molecule has 0 N–H and O–H groups in total. The maximum atomic E-state index is 13.0. The van der Waals surface area contributed by atoms with Gasteiger partial charge < -0.3 is 4.90 Å². The molecule has 0 bridgehead atoms. The minimum atomic E-state index is -3.43. The van der Waals surface area contributed by atoms with Crippen LogP contribution in [0.3, 0.4) is 0 Å². The van der Waals surface area contributed by atoms with Crippen LogP contribution >= 0.6 is 0 Å². The third-order valence-corrected chi connectivity index (χ3v) is 7.15. The maximum absolute atomic E-state index is 13.0.